The Morgan fingerprint density at radius 1 is 0.977 bits per heavy atom. The Kier molecular flexibility index (Phi) is 7.89. The SMILES string of the molecule is COc1cc(/C=C/C(=O)O[C@H]2CC[C@]34C[C@]35CC[C@]3(C)[C@@H](C(C)CCC=C(C)C)CC[C@@]3(C)[C@@H]5CC[C@H]4C2(C)C)ccc1O. The van der Waals surface area contributed by atoms with Gasteiger partial charge in [-0.25, -0.2) is 4.79 Å². The van der Waals surface area contributed by atoms with Crippen LogP contribution in [-0.2, 0) is 9.53 Å². The standard InChI is InChI=1S/C40H58O4/c1-26(2)10-9-11-27(3)29-18-20-38(7)33-16-15-32-36(4,5)34(19-21-39(32)25-40(33,39)23-22-37(29,38)6)44-35(42)17-13-28-12-14-30(41)31(24-28)43-8/h10,12-14,17,24,27,29,32-34,41H,9,11,15-16,18-23,25H2,1-8H3/b17-13+/t27?,29-,32+,33+,34+,37-,38+,39-,40+/m1/s1. The van der Waals surface area contributed by atoms with Gasteiger partial charge < -0.3 is 14.6 Å². The second-order valence-electron chi connectivity index (χ2n) is 17.0. The van der Waals surface area contributed by atoms with Crippen molar-refractivity contribution in [1.29, 1.82) is 0 Å². The summed E-state index contributed by atoms with van der Waals surface area (Å²) < 4.78 is 11.4. The smallest absolute Gasteiger partial charge is 0.331 e. The molecule has 0 amide bonds. The summed E-state index contributed by atoms with van der Waals surface area (Å²) in [6.45, 7) is 17.2. The summed E-state index contributed by atoms with van der Waals surface area (Å²) in [5.41, 5.74) is 4.08. The molecule has 0 heterocycles. The minimum atomic E-state index is -0.276. The molecule has 0 aromatic heterocycles. The number of esters is 1. The summed E-state index contributed by atoms with van der Waals surface area (Å²) in [4.78, 5) is 13.1. The van der Waals surface area contributed by atoms with Gasteiger partial charge in [0.25, 0.3) is 0 Å². The van der Waals surface area contributed by atoms with E-state index in [4.69, 9.17) is 9.47 Å². The van der Waals surface area contributed by atoms with Crippen molar-refractivity contribution in [2.24, 2.45) is 50.7 Å². The molecular formula is C40H58O4. The molecular weight excluding hydrogens is 544 g/mol. The Balaban J connectivity index is 1.15. The molecule has 0 bridgehead atoms. The predicted octanol–water partition coefficient (Wildman–Crippen LogP) is 10.1. The van der Waals surface area contributed by atoms with E-state index in [1.165, 1.54) is 83.0 Å². The van der Waals surface area contributed by atoms with E-state index in [2.05, 4.69) is 54.5 Å². The Hall–Kier alpha value is -2.23. The van der Waals surface area contributed by atoms with Gasteiger partial charge in [0.15, 0.2) is 11.5 Å². The minimum Gasteiger partial charge on any atom is -0.504 e. The lowest BCUT2D eigenvalue weighted by molar-refractivity contribution is -0.179. The van der Waals surface area contributed by atoms with Gasteiger partial charge in [-0.2, -0.15) is 0 Å². The average Bonchev–Trinajstić information content (AvgIpc) is 3.55. The van der Waals surface area contributed by atoms with E-state index in [1.807, 2.05) is 0 Å². The van der Waals surface area contributed by atoms with E-state index >= 15 is 0 Å². The number of carbonyl (C=O) groups excluding carboxylic acids is 1. The van der Waals surface area contributed by atoms with Crippen LogP contribution in [0.1, 0.15) is 125 Å². The van der Waals surface area contributed by atoms with Gasteiger partial charge in [0.2, 0.25) is 0 Å². The van der Waals surface area contributed by atoms with Crippen molar-refractivity contribution in [2.45, 2.75) is 125 Å². The van der Waals surface area contributed by atoms with E-state index in [1.54, 1.807) is 24.3 Å². The Labute approximate surface area is 267 Å². The second-order valence-corrected chi connectivity index (χ2v) is 17.0. The summed E-state index contributed by atoms with van der Waals surface area (Å²) in [7, 11) is 1.53. The number of hydrogen-bond donors (Lipinski definition) is 1. The molecule has 0 saturated heterocycles. The summed E-state index contributed by atoms with van der Waals surface area (Å²) in [5, 5.41) is 9.88. The number of phenols is 1. The highest BCUT2D eigenvalue weighted by Crippen LogP contribution is 2.89. The van der Waals surface area contributed by atoms with Crippen LogP contribution in [0.3, 0.4) is 0 Å². The fraction of sp³-hybridized carbons (Fsp3) is 0.725. The average molecular weight is 603 g/mol. The monoisotopic (exact) mass is 602 g/mol. The molecule has 1 unspecified atom stereocenters. The predicted molar refractivity (Wildman–Crippen MR) is 178 cm³/mol. The maximum absolute atomic E-state index is 13.1. The molecule has 44 heavy (non-hydrogen) atoms. The molecule has 242 valence electrons. The van der Waals surface area contributed by atoms with Crippen LogP contribution < -0.4 is 4.74 Å². The molecule has 0 aliphatic heterocycles. The molecule has 4 nitrogen and oxygen atoms in total. The molecule has 5 aliphatic rings. The molecule has 4 heteroatoms. The molecule has 2 spiro atoms. The first-order valence-corrected chi connectivity index (χ1v) is 17.6. The van der Waals surface area contributed by atoms with Gasteiger partial charge in [0.1, 0.15) is 6.10 Å². The van der Waals surface area contributed by atoms with Crippen molar-refractivity contribution in [2.75, 3.05) is 7.11 Å². The number of phenolic OH excluding ortho intramolecular Hbond substituents is 1. The van der Waals surface area contributed by atoms with Crippen LogP contribution in [0, 0.1) is 50.7 Å². The number of benzene rings is 1. The van der Waals surface area contributed by atoms with Crippen molar-refractivity contribution in [3.63, 3.8) is 0 Å². The fourth-order valence-corrected chi connectivity index (χ4v) is 12.5. The van der Waals surface area contributed by atoms with Gasteiger partial charge in [-0.3, -0.25) is 0 Å². The minimum absolute atomic E-state index is 0.0305. The van der Waals surface area contributed by atoms with Crippen molar-refractivity contribution in [1.82, 2.24) is 0 Å². The van der Waals surface area contributed by atoms with Crippen LogP contribution >= 0.6 is 0 Å². The molecule has 5 saturated carbocycles. The van der Waals surface area contributed by atoms with Gasteiger partial charge in [-0.1, -0.05) is 52.3 Å². The normalized spacial score (nSPS) is 40.6. The zero-order chi connectivity index (χ0) is 31.7. The maximum atomic E-state index is 13.1. The zero-order valence-electron chi connectivity index (χ0n) is 28.8. The number of rotatable bonds is 8. The molecule has 6 rings (SSSR count). The van der Waals surface area contributed by atoms with Gasteiger partial charge in [0, 0.05) is 11.5 Å². The van der Waals surface area contributed by atoms with Crippen molar-refractivity contribution in [3.05, 3.63) is 41.5 Å². The Morgan fingerprint density at radius 3 is 2.43 bits per heavy atom. The van der Waals surface area contributed by atoms with E-state index in [0.29, 0.717) is 33.3 Å². The Bertz CT molecular complexity index is 1340. The highest BCUT2D eigenvalue weighted by molar-refractivity contribution is 5.87. The number of hydrogen-bond acceptors (Lipinski definition) is 4. The van der Waals surface area contributed by atoms with Gasteiger partial charge in [-0.15, -0.1) is 0 Å². The number of carbonyl (C=O) groups is 1. The van der Waals surface area contributed by atoms with Crippen LogP contribution in [0.2, 0.25) is 0 Å². The van der Waals surface area contributed by atoms with Gasteiger partial charge in [0.05, 0.1) is 7.11 Å². The third-order valence-electron chi connectivity index (χ3n) is 14.8. The molecule has 1 aromatic rings. The molecule has 1 aromatic carbocycles. The number of aromatic hydroxyl groups is 1. The summed E-state index contributed by atoms with van der Waals surface area (Å²) >= 11 is 0. The number of methoxy groups -OCH3 is 1. The topological polar surface area (TPSA) is 55.8 Å². The number of fused-ring (bicyclic) bond motifs is 2. The first-order valence-electron chi connectivity index (χ1n) is 17.6. The van der Waals surface area contributed by atoms with Crippen LogP contribution in [-0.4, -0.2) is 24.3 Å². The largest absolute Gasteiger partial charge is 0.504 e. The first-order chi connectivity index (χ1) is 20.7. The Morgan fingerprint density at radius 2 is 1.70 bits per heavy atom. The van der Waals surface area contributed by atoms with E-state index in [-0.39, 0.29) is 23.2 Å². The highest BCUT2D eigenvalue weighted by atomic mass is 16.5. The zero-order valence-corrected chi connectivity index (χ0v) is 28.8. The molecule has 5 fully saturated rings. The summed E-state index contributed by atoms with van der Waals surface area (Å²) in [6, 6.07) is 5.09. The molecule has 0 radical (unpaired) electrons. The molecule has 5 aliphatic carbocycles. The molecule has 9 atom stereocenters. The highest BCUT2D eigenvalue weighted by Gasteiger charge is 2.82. The van der Waals surface area contributed by atoms with Gasteiger partial charge >= 0.3 is 5.97 Å². The van der Waals surface area contributed by atoms with Gasteiger partial charge in [-0.05, 0) is 154 Å². The van der Waals surface area contributed by atoms with E-state index in [0.717, 1.165) is 29.7 Å². The van der Waals surface area contributed by atoms with Crippen LogP contribution in [0.25, 0.3) is 6.08 Å². The summed E-state index contributed by atoms with van der Waals surface area (Å²) in [5.74, 6) is 3.33. The number of allylic oxidation sites excluding steroid dienone is 2. The summed E-state index contributed by atoms with van der Waals surface area (Å²) in [6.07, 6.45) is 20.1. The molecule has 1 N–H and O–H groups in total. The van der Waals surface area contributed by atoms with Crippen LogP contribution in [0.5, 0.6) is 11.5 Å². The third-order valence-corrected chi connectivity index (χ3v) is 14.8. The number of ether oxygens (including phenoxy) is 2. The fourth-order valence-electron chi connectivity index (χ4n) is 12.5. The lowest BCUT2D eigenvalue weighted by Gasteiger charge is -2.63. The third kappa shape index (κ3) is 4.62. The first kappa shape index (κ1) is 31.7. The quantitative estimate of drug-likeness (QED) is 0.183. The van der Waals surface area contributed by atoms with E-state index < -0.39 is 0 Å². The second kappa shape index (κ2) is 10.9. The lowest BCUT2D eigenvalue weighted by atomic mass is 9.41. The van der Waals surface area contributed by atoms with Crippen LogP contribution in [0.4, 0.5) is 0 Å². The van der Waals surface area contributed by atoms with Crippen molar-refractivity contribution >= 4 is 12.0 Å². The van der Waals surface area contributed by atoms with E-state index in [9.17, 15) is 9.90 Å². The van der Waals surface area contributed by atoms with Crippen molar-refractivity contribution in [3.8, 4) is 11.5 Å². The van der Waals surface area contributed by atoms with Crippen LogP contribution in [0.15, 0.2) is 35.9 Å². The maximum Gasteiger partial charge on any atom is 0.331 e. The van der Waals surface area contributed by atoms with Crippen molar-refractivity contribution < 1.29 is 19.4 Å². The lowest BCUT2D eigenvalue weighted by Crippen LogP contribution is -2.58.